The van der Waals surface area contributed by atoms with Crippen molar-refractivity contribution < 1.29 is 18.9 Å². The minimum Gasteiger partial charge on any atom is -0.345 e. The second kappa shape index (κ2) is 4.26. The predicted molar refractivity (Wildman–Crippen MR) is 57.0 cm³/mol. The lowest BCUT2D eigenvalue weighted by Gasteiger charge is -2.54. The molecule has 16 heavy (non-hydrogen) atoms. The van der Waals surface area contributed by atoms with Crippen molar-refractivity contribution in [3.8, 4) is 0 Å². The molecule has 92 valence electrons. The van der Waals surface area contributed by atoms with Crippen LogP contribution < -0.4 is 0 Å². The van der Waals surface area contributed by atoms with Crippen molar-refractivity contribution >= 4 is 0 Å². The third-order valence-electron chi connectivity index (χ3n) is 3.81. The SMILES string of the molecule is C1CCC2(OC1)OCCOC21CCCCO1. The van der Waals surface area contributed by atoms with Crippen LogP contribution in [0.4, 0.5) is 0 Å². The Bertz CT molecular complexity index is 199. The normalized spacial score (nSPS) is 45.0. The molecule has 3 aliphatic rings. The molecule has 0 N–H and O–H groups in total. The molecular weight excluding hydrogens is 208 g/mol. The van der Waals surface area contributed by atoms with E-state index >= 15 is 0 Å². The monoisotopic (exact) mass is 228 g/mol. The van der Waals surface area contributed by atoms with Crippen molar-refractivity contribution in [1.82, 2.24) is 0 Å². The standard InChI is InChI=1S/C12H20O4/c1-3-7-13-11(5-1)12(16-10-9-15-11)6-2-4-8-14-12/h1-10H2. The van der Waals surface area contributed by atoms with Crippen LogP contribution in [0.5, 0.6) is 0 Å². The van der Waals surface area contributed by atoms with Gasteiger partial charge in [0.25, 0.3) is 0 Å². The van der Waals surface area contributed by atoms with E-state index in [1.165, 1.54) is 0 Å². The molecule has 3 aliphatic heterocycles. The Morgan fingerprint density at radius 3 is 1.31 bits per heavy atom. The molecule has 4 nitrogen and oxygen atoms in total. The van der Waals surface area contributed by atoms with Crippen molar-refractivity contribution in [1.29, 1.82) is 0 Å². The summed E-state index contributed by atoms with van der Waals surface area (Å²) in [7, 11) is 0. The van der Waals surface area contributed by atoms with E-state index in [0.29, 0.717) is 13.2 Å². The first-order valence-electron chi connectivity index (χ1n) is 6.43. The number of ether oxygens (including phenoxy) is 4. The summed E-state index contributed by atoms with van der Waals surface area (Å²) in [6.07, 6.45) is 6.28. The zero-order valence-electron chi connectivity index (χ0n) is 9.70. The summed E-state index contributed by atoms with van der Waals surface area (Å²) in [6.45, 7) is 2.75. The molecule has 0 aliphatic carbocycles. The smallest absolute Gasteiger partial charge is 0.223 e. The van der Waals surface area contributed by atoms with Gasteiger partial charge in [-0.05, 0) is 25.7 Å². The minimum atomic E-state index is -0.621. The third kappa shape index (κ3) is 1.59. The van der Waals surface area contributed by atoms with Crippen molar-refractivity contribution in [3.05, 3.63) is 0 Å². The van der Waals surface area contributed by atoms with E-state index in [9.17, 15) is 0 Å². The van der Waals surface area contributed by atoms with E-state index in [0.717, 1.165) is 51.7 Å². The largest absolute Gasteiger partial charge is 0.345 e. The van der Waals surface area contributed by atoms with Gasteiger partial charge in [0.05, 0.1) is 26.4 Å². The highest BCUT2D eigenvalue weighted by molar-refractivity contribution is 4.94. The zero-order chi connectivity index (χ0) is 10.9. The van der Waals surface area contributed by atoms with Crippen LogP contribution in [0, 0.1) is 0 Å². The van der Waals surface area contributed by atoms with Crippen molar-refractivity contribution in [2.75, 3.05) is 26.4 Å². The molecule has 0 aromatic rings. The van der Waals surface area contributed by atoms with Crippen LogP contribution in [0.2, 0.25) is 0 Å². The maximum Gasteiger partial charge on any atom is 0.223 e. The van der Waals surface area contributed by atoms with Crippen LogP contribution in [0.25, 0.3) is 0 Å². The van der Waals surface area contributed by atoms with Crippen LogP contribution in [0.1, 0.15) is 38.5 Å². The van der Waals surface area contributed by atoms with Crippen molar-refractivity contribution in [2.45, 2.75) is 50.1 Å². The second-order valence-corrected chi connectivity index (χ2v) is 4.81. The minimum absolute atomic E-state index is 0.616. The van der Waals surface area contributed by atoms with Gasteiger partial charge in [-0.15, -0.1) is 0 Å². The summed E-state index contributed by atoms with van der Waals surface area (Å²) in [6, 6.07) is 0. The van der Waals surface area contributed by atoms with E-state index in [2.05, 4.69) is 0 Å². The first-order chi connectivity index (χ1) is 7.87. The molecule has 2 spiro atoms. The fraction of sp³-hybridized carbons (Fsp3) is 1.00. The fourth-order valence-corrected chi connectivity index (χ4v) is 3.00. The van der Waals surface area contributed by atoms with E-state index in [1.807, 2.05) is 0 Å². The van der Waals surface area contributed by atoms with Crippen LogP contribution in [0.3, 0.4) is 0 Å². The van der Waals surface area contributed by atoms with Gasteiger partial charge in [0.2, 0.25) is 11.6 Å². The van der Waals surface area contributed by atoms with Crippen LogP contribution in [-0.2, 0) is 18.9 Å². The van der Waals surface area contributed by atoms with Gasteiger partial charge in [-0.25, -0.2) is 0 Å². The zero-order valence-corrected chi connectivity index (χ0v) is 9.70. The van der Waals surface area contributed by atoms with Crippen LogP contribution in [-0.4, -0.2) is 38.0 Å². The highest BCUT2D eigenvalue weighted by Crippen LogP contribution is 2.46. The van der Waals surface area contributed by atoms with Gasteiger partial charge in [-0.3, -0.25) is 0 Å². The average molecular weight is 228 g/mol. The van der Waals surface area contributed by atoms with Crippen LogP contribution >= 0.6 is 0 Å². The van der Waals surface area contributed by atoms with Crippen LogP contribution in [0.15, 0.2) is 0 Å². The molecule has 3 rings (SSSR count). The highest BCUT2D eigenvalue weighted by atomic mass is 16.8. The Labute approximate surface area is 96.2 Å². The van der Waals surface area contributed by atoms with Gasteiger partial charge in [-0.2, -0.15) is 0 Å². The summed E-state index contributed by atoms with van der Waals surface area (Å²) in [4.78, 5) is 0. The fourth-order valence-electron chi connectivity index (χ4n) is 3.00. The van der Waals surface area contributed by atoms with Crippen molar-refractivity contribution in [2.24, 2.45) is 0 Å². The summed E-state index contributed by atoms with van der Waals surface area (Å²) in [5.41, 5.74) is 0. The van der Waals surface area contributed by atoms with Gasteiger partial charge in [0.1, 0.15) is 0 Å². The predicted octanol–water partition coefficient (Wildman–Crippen LogP) is 1.83. The van der Waals surface area contributed by atoms with E-state index in [4.69, 9.17) is 18.9 Å². The Morgan fingerprint density at radius 2 is 0.938 bits per heavy atom. The maximum absolute atomic E-state index is 5.93. The Hall–Kier alpha value is -0.160. The van der Waals surface area contributed by atoms with Gasteiger partial charge in [0.15, 0.2) is 0 Å². The van der Waals surface area contributed by atoms with Gasteiger partial charge < -0.3 is 18.9 Å². The number of fused-ring (bicyclic) bond motifs is 1. The molecule has 0 aromatic heterocycles. The summed E-state index contributed by atoms with van der Waals surface area (Å²) in [5, 5.41) is 0. The lowest BCUT2D eigenvalue weighted by Crippen LogP contribution is -2.66. The first kappa shape index (κ1) is 11.0. The highest BCUT2D eigenvalue weighted by Gasteiger charge is 2.59. The number of rotatable bonds is 0. The Morgan fingerprint density at radius 1 is 0.500 bits per heavy atom. The quantitative estimate of drug-likeness (QED) is 0.634. The summed E-state index contributed by atoms with van der Waals surface area (Å²) >= 11 is 0. The lowest BCUT2D eigenvalue weighted by atomic mass is 9.90. The Balaban J connectivity index is 1.86. The molecule has 3 saturated heterocycles. The molecule has 4 heteroatoms. The molecule has 3 fully saturated rings. The summed E-state index contributed by atoms with van der Waals surface area (Å²) in [5.74, 6) is -1.24. The van der Waals surface area contributed by atoms with E-state index in [1.54, 1.807) is 0 Å². The average Bonchev–Trinajstić information content (AvgIpc) is 2.36. The first-order valence-corrected chi connectivity index (χ1v) is 6.43. The molecule has 0 aromatic carbocycles. The molecule has 0 amide bonds. The van der Waals surface area contributed by atoms with Gasteiger partial charge >= 0.3 is 0 Å². The molecule has 3 heterocycles. The Kier molecular flexibility index (Phi) is 2.92. The molecule has 0 saturated carbocycles. The topological polar surface area (TPSA) is 36.9 Å². The molecule has 0 radical (unpaired) electrons. The van der Waals surface area contributed by atoms with E-state index < -0.39 is 11.6 Å². The van der Waals surface area contributed by atoms with E-state index in [-0.39, 0.29) is 0 Å². The molecular formula is C12H20O4. The molecule has 0 bridgehead atoms. The maximum atomic E-state index is 5.93. The molecule has 2 atom stereocenters. The lowest BCUT2D eigenvalue weighted by molar-refractivity contribution is -0.453. The summed E-state index contributed by atoms with van der Waals surface area (Å²) < 4.78 is 23.7. The number of hydrogen-bond acceptors (Lipinski definition) is 4. The second-order valence-electron chi connectivity index (χ2n) is 4.81. The van der Waals surface area contributed by atoms with Gasteiger partial charge in [0, 0.05) is 12.8 Å². The van der Waals surface area contributed by atoms with Gasteiger partial charge in [-0.1, -0.05) is 0 Å². The number of hydrogen-bond donors (Lipinski definition) is 0. The third-order valence-corrected chi connectivity index (χ3v) is 3.81. The van der Waals surface area contributed by atoms with Crippen molar-refractivity contribution in [3.63, 3.8) is 0 Å². The molecule has 2 unspecified atom stereocenters.